The summed E-state index contributed by atoms with van der Waals surface area (Å²) in [7, 11) is 0. The number of rotatable bonds is 3. The van der Waals surface area contributed by atoms with Gasteiger partial charge in [-0.1, -0.05) is 18.2 Å². The number of pyridine rings is 1. The van der Waals surface area contributed by atoms with E-state index in [1.54, 1.807) is 19.4 Å². The molecule has 0 aliphatic carbocycles. The van der Waals surface area contributed by atoms with E-state index < -0.39 is 0 Å². The summed E-state index contributed by atoms with van der Waals surface area (Å²) in [5, 5.41) is 0. The van der Waals surface area contributed by atoms with E-state index in [0.29, 0.717) is 5.56 Å². The van der Waals surface area contributed by atoms with Crippen molar-refractivity contribution in [2.75, 3.05) is 0 Å². The summed E-state index contributed by atoms with van der Waals surface area (Å²) in [6, 6.07) is 19.6. The zero-order valence-corrected chi connectivity index (χ0v) is 13.2. The number of carbonyl (C=O) groups excluding carboxylic acids is 1. The van der Waals surface area contributed by atoms with Gasteiger partial charge in [0.05, 0.1) is 16.7 Å². The summed E-state index contributed by atoms with van der Waals surface area (Å²) in [5.41, 5.74) is 5.45. The Labute approximate surface area is 139 Å². The lowest BCUT2D eigenvalue weighted by Crippen LogP contribution is -1.94. The van der Waals surface area contributed by atoms with Crippen molar-refractivity contribution >= 4 is 16.8 Å². The Bertz CT molecular complexity index is 1040. The first-order chi connectivity index (χ1) is 11.7. The standard InChI is InChI=1S/C20H15N3O/c1-14(24)15-8-9-20-19(12-15)22-13-23(20)17-6-4-5-16(11-17)18-7-2-3-10-21-18/h2-13H,1H3. The quantitative estimate of drug-likeness (QED) is 0.530. The Morgan fingerprint density at radius 1 is 0.958 bits per heavy atom. The maximum atomic E-state index is 11.5. The number of hydrogen-bond acceptors (Lipinski definition) is 3. The molecule has 4 heteroatoms. The number of Topliss-reactive ketones (excluding diaryl/α,β-unsaturated/α-hetero) is 1. The molecule has 0 N–H and O–H groups in total. The molecule has 116 valence electrons. The molecule has 2 heterocycles. The molecule has 0 atom stereocenters. The minimum absolute atomic E-state index is 0.0450. The van der Waals surface area contributed by atoms with E-state index >= 15 is 0 Å². The second-order valence-corrected chi connectivity index (χ2v) is 5.64. The molecule has 4 nitrogen and oxygen atoms in total. The minimum Gasteiger partial charge on any atom is -0.299 e. The van der Waals surface area contributed by atoms with Crippen LogP contribution >= 0.6 is 0 Å². The number of carbonyl (C=O) groups is 1. The fraction of sp³-hybridized carbons (Fsp3) is 0.0500. The third kappa shape index (κ3) is 2.48. The summed E-state index contributed by atoms with van der Waals surface area (Å²) in [4.78, 5) is 20.4. The Morgan fingerprint density at radius 3 is 2.67 bits per heavy atom. The Kier molecular flexibility index (Phi) is 3.43. The van der Waals surface area contributed by atoms with Crippen LogP contribution in [-0.2, 0) is 0 Å². The van der Waals surface area contributed by atoms with Crippen LogP contribution in [0.1, 0.15) is 17.3 Å². The topological polar surface area (TPSA) is 47.8 Å². The maximum absolute atomic E-state index is 11.5. The van der Waals surface area contributed by atoms with Crippen molar-refractivity contribution in [3.05, 3.63) is 78.8 Å². The predicted octanol–water partition coefficient (Wildman–Crippen LogP) is 4.29. The van der Waals surface area contributed by atoms with Gasteiger partial charge in [-0.15, -0.1) is 0 Å². The first-order valence-corrected chi connectivity index (χ1v) is 7.72. The van der Waals surface area contributed by atoms with Gasteiger partial charge in [0.1, 0.15) is 6.33 Å². The average Bonchev–Trinajstić information content (AvgIpc) is 3.06. The third-order valence-corrected chi connectivity index (χ3v) is 4.04. The van der Waals surface area contributed by atoms with E-state index in [1.165, 1.54) is 0 Å². The minimum atomic E-state index is 0.0450. The number of benzene rings is 2. The fourth-order valence-corrected chi connectivity index (χ4v) is 2.79. The van der Waals surface area contributed by atoms with Crippen LogP contribution in [-0.4, -0.2) is 20.3 Å². The van der Waals surface area contributed by atoms with Gasteiger partial charge >= 0.3 is 0 Å². The van der Waals surface area contributed by atoms with Gasteiger partial charge < -0.3 is 0 Å². The van der Waals surface area contributed by atoms with Gasteiger partial charge in [-0.2, -0.15) is 0 Å². The van der Waals surface area contributed by atoms with Crippen LogP contribution in [0.25, 0.3) is 28.0 Å². The molecular weight excluding hydrogens is 298 g/mol. The predicted molar refractivity (Wildman–Crippen MR) is 94.3 cm³/mol. The molecule has 0 radical (unpaired) electrons. The van der Waals surface area contributed by atoms with Crippen molar-refractivity contribution in [1.82, 2.24) is 14.5 Å². The molecule has 4 rings (SSSR count). The molecule has 4 aromatic rings. The fourth-order valence-electron chi connectivity index (χ4n) is 2.79. The van der Waals surface area contributed by atoms with E-state index in [4.69, 9.17) is 0 Å². The zero-order valence-electron chi connectivity index (χ0n) is 13.2. The highest BCUT2D eigenvalue weighted by Crippen LogP contribution is 2.23. The van der Waals surface area contributed by atoms with Crippen molar-refractivity contribution < 1.29 is 4.79 Å². The Balaban J connectivity index is 1.82. The van der Waals surface area contributed by atoms with Gasteiger partial charge in [-0.05, 0) is 49.4 Å². The summed E-state index contributed by atoms with van der Waals surface area (Å²) in [5.74, 6) is 0.0450. The molecule has 0 saturated heterocycles. The van der Waals surface area contributed by atoms with Crippen molar-refractivity contribution in [1.29, 1.82) is 0 Å². The average molecular weight is 313 g/mol. The number of imidazole rings is 1. The molecule has 0 bridgehead atoms. The van der Waals surface area contributed by atoms with Crippen LogP contribution < -0.4 is 0 Å². The lowest BCUT2D eigenvalue weighted by molar-refractivity contribution is 0.101. The SMILES string of the molecule is CC(=O)c1ccc2c(c1)ncn2-c1cccc(-c2ccccn2)c1. The Morgan fingerprint density at radius 2 is 1.88 bits per heavy atom. The molecule has 0 aliphatic rings. The van der Waals surface area contributed by atoms with Crippen LogP contribution in [0.5, 0.6) is 0 Å². The number of hydrogen-bond donors (Lipinski definition) is 0. The van der Waals surface area contributed by atoms with Crippen molar-refractivity contribution in [3.63, 3.8) is 0 Å². The van der Waals surface area contributed by atoms with Gasteiger partial charge in [-0.25, -0.2) is 4.98 Å². The smallest absolute Gasteiger partial charge is 0.159 e. The summed E-state index contributed by atoms with van der Waals surface area (Å²) in [6.07, 6.45) is 3.57. The van der Waals surface area contributed by atoms with Crippen LogP contribution in [0, 0.1) is 0 Å². The van der Waals surface area contributed by atoms with Crippen molar-refractivity contribution in [2.45, 2.75) is 6.92 Å². The van der Waals surface area contributed by atoms with Gasteiger partial charge in [0, 0.05) is 23.0 Å². The molecule has 2 aromatic carbocycles. The van der Waals surface area contributed by atoms with Crippen LogP contribution in [0.4, 0.5) is 0 Å². The highest BCUT2D eigenvalue weighted by molar-refractivity contribution is 5.97. The first kappa shape index (κ1) is 14.3. The molecule has 0 saturated carbocycles. The van der Waals surface area contributed by atoms with E-state index in [-0.39, 0.29) is 5.78 Å². The van der Waals surface area contributed by atoms with E-state index in [2.05, 4.69) is 16.0 Å². The first-order valence-electron chi connectivity index (χ1n) is 7.72. The molecule has 0 unspecified atom stereocenters. The van der Waals surface area contributed by atoms with Crippen LogP contribution in [0.3, 0.4) is 0 Å². The lowest BCUT2D eigenvalue weighted by atomic mass is 10.1. The molecule has 0 spiro atoms. The summed E-state index contributed by atoms with van der Waals surface area (Å²) in [6.45, 7) is 1.56. The summed E-state index contributed by atoms with van der Waals surface area (Å²) >= 11 is 0. The van der Waals surface area contributed by atoms with E-state index in [0.717, 1.165) is 28.0 Å². The van der Waals surface area contributed by atoms with E-state index in [1.807, 2.05) is 59.2 Å². The largest absolute Gasteiger partial charge is 0.299 e. The van der Waals surface area contributed by atoms with Gasteiger partial charge in [-0.3, -0.25) is 14.3 Å². The summed E-state index contributed by atoms with van der Waals surface area (Å²) < 4.78 is 2.02. The van der Waals surface area contributed by atoms with Crippen LogP contribution in [0.15, 0.2) is 73.2 Å². The normalized spacial score (nSPS) is 10.9. The maximum Gasteiger partial charge on any atom is 0.159 e. The zero-order chi connectivity index (χ0) is 16.5. The molecule has 0 fully saturated rings. The Hall–Kier alpha value is -3.27. The lowest BCUT2D eigenvalue weighted by Gasteiger charge is -2.07. The van der Waals surface area contributed by atoms with Crippen LogP contribution in [0.2, 0.25) is 0 Å². The monoisotopic (exact) mass is 313 g/mol. The van der Waals surface area contributed by atoms with Gasteiger partial charge in [0.2, 0.25) is 0 Å². The van der Waals surface area contributed by atoms with Crippen molar-refractivity contribution in [2.24, 2.45) is 0 Å². The molecule has 2 aromatic heterocycles. The highest BCUT2D eigenvalue weighted by atomic mass is 16.1. The second-order valence-electron chi connectivity index (χ2n) is 5.64. The molecule has 24 heavy (non-hydrogen) atoms. The number of nitrogens with zero attached hydrogens (tertiary/aromatic N) is 3. The number of fused-ring (bicyclic) bond motifs is 1. The van der Waals surface area contributed by atoms with Crippen molar-refractivity contribution in [3.8, 4) is 16.9 Å². The van der Waals surface area contributed by atoms with E-state index in [9.17, 15) is 4.79 Å². The molecular formula is C20H15N3O. The third-order valence-electron chi connectivity index (χ3n) is 4.04. The second kappa shape index (κ2) is 5.74. The molecule has 0 amide bonds. The number of ketones is 1. The van der Waals surface area contributed by atoms with Gasteiger partial charge in [0.15, 0.2) is 5.78 Å². The molecule has 0 aliphatic heterocycles. The van der Waals surface area contributed by atoms with Gasteiger partial charge in [0.25, 0.3) is 0 Å². The highest BCUT2D eigenvalue weighted by Gasteiger charge is 2.08. The number of aromatic nitrogens is 3.